The van der Waals surface area contributed by atoms with Gasteiger partial charge in [-0.3, -0.25) is 0 Å². The highest BCUT2D eigenvalue weighted by atomic mass is 79.9. The number of fused-ring (bicyclic) bond motifs is 1. The highest BCUT2D eigenvalue weighted by molar-refractivity contribution is 9.10. The van der Waals surface area contributed by atoms with Gasteiger partial charge < -0.3 is 4.98 Å². The van der Waals surface area contributed by atoms with Crippen LogP contribution in [0, 0.1) is 18.3 Å². The van der Waals surface area contributed by atoms with Crippen LogP contribution in [0.25, 0.3) is 10.9 Å². The van der Waals surface area contributed by atoms with Crippen molar-refractivity contribution in [3.05, 3.63) is 33.9 Å². The first kappa shape index (κ1) is 9.29. The number of hydrogen-bond donors (Lipinski definition) is 1. The normalized spacial score (nSPS) is 10.4. The lowest BCUT2D eigenvalue weighted by atomic mass is 10.1. The van der Waals surface area contributed by atoms with Crippen LogP contribution in [-0.4, -0.2) is 4.98 Å². The maximum absolute atomic E-state index is 8.73. The zero-order valence-corrected chi connectivity index (χ0v) is 9.35. The molecule has 2 rings (SSSR count). The van der Waals surface area contributed by atoms with E-state index in [0.29, 0.717) is 6.42 Å². The maximum Gasteiger partial charge on any atom is 0.0670 e. The van der Waals surface area contributed by atoms with Crippen LogP contribution in [0.5, 0.6) is 0 Å². The van der Waals surface area contributed by atoms with Crippen molar-refractivity contribution in [1.29, 1.82) is 5.26 Å². The lowest BCUT2D eigenvalue weighted by molar-refractivity contribution is 1.19. The van der Waals surface area contributed by atoms with Gasteiger partial charge in [0.15, 0.2) is 0 Å². The van der Waals surface area contributed by atoms with Gasteiger partial charge in [-0.2, -0.15) is 5.26 Å². The summed E-state index contributed by atoms with van der Waals surface area (Å²) in [6.45, 7) is 2.00. The Balaban J connectivity index is 2.81. The van der Waals surface area contributed by atoms with Gasteiger partial charge in [0.05, 0.1) is 12.5 Å². The molecule has 1 heterocycles. The zero-order chi connectivity index (χ0) is 10.1. The average Bonchev–Trinajstić information content (AvgIpc) is 2.45. The molecule has 0 atom stereocenters. The van der Waals surface area contributed by atoms with Crippen LogP contribution in [-0.2, 0) is 6.42 Å². The third-order valence-electron chi connectivity index (χ3n) is 2.35. The number of aromatic nitrogens is 1. The molecule has 1 aromatic heterocycles. The Labute approximate surface area is 90.7 Å². The Kier molecular flexibility index (Phi) is 2.30. The van der Waals surface area contributed by atoms with Crippen molar-refractivity contribution >= 4 is 26.8 Å². The SMILES string of the molecule is Cc1[nH]c2cccc(Br)c2c1CC#N. The summed E-state index contributed by atoms with van der Waals surface area (Å²) in [5.41, 5.74) is 3.26. The van der Waals surface area contributed by atoms with E-state index in [9.17, 15) is 0 Å². The van der Waals surface area contributed by atoms with Crippen molar-refractivity contribution in [2.24, 2.45) is 0 Å². The Morgan fingerprint density at radius 1 is 1.50 bits per heavy atom. The molecule has 2 nitrogen and oxygen atoms in total. The number of nitrogens with zero attached hydrogens (tertiary/aromatic N) is 1. The first-order valence-corrected chi connectivity index (χ1v) is 5.16. The highest BCUT2D eigenvalue weighted by Crippen LogP contribution is 2.29. The second kappa shape index (κ2) is 3.47. The Morgan fingerprint density at radius 3 is 3.00 bits per heavy atom. The van der Waals surface area contributed by atoms with Gasteiger partial charge in [-0.05, 0) is 24.6 Å². The lowest BCUT2D eigenvalue weighted by Crippen LogP contribution is -1.83. The molecule has 0 radical (unpaired) electrons. The summed E-state index contributed by atoms with van der Waals surface area (Å²) in [6.07, 6.45) is 0.453. The minimum absolute atomic E-state index is 0.453. The molecule has 0 fully saturated rings. The van der Waals surface area contributed by atoms with Gasteiger partial charge in [-0.15, -0.1) is 0 Å². The predicted octanol–water partition coefficient (Wildman–Crippen LogP) is 3.30. The molecule has 0 saturated carbocycles. The third kappa shape index (κ3) is 1.32. The first-order chi connectivity index (χ1) is 6.74. The first-order valence-electron chi connectivity index (χ1n) is 4.36. The van der Waals surface area contributed by atoms with Crippen molar-refractivity contribution in [3.8, 4) is 6.07 Å². The number of halogens is 1. The van der Waals surface area contributed by atoms with E-state index in [1.807, 2.05) is 25.1 Å². The average molecular weight is 249 g/mol. The van der Waals surface area contributed by atoms with Crippen molar-refractivity contribution < 1.29 is 0 Å². The maximum atomic E-state index is 8.73. The number of rotatable bonds is 1. The van der Waals surface area contributed by atoms with E-state index in [2.05, 4.69) is 27.0 Å². The van der Waals surface area contributed by atoms with Crippen LogP contribution in [0.3, 0.4) is 0 Å². The fourth-order valence-electron chi connectivity index (χ4n) is 1.70. The van der Waals surface area contributed by atoms with Gasteiger partial charge in [-0.25, -0.2) is 0 Å². The van der Waals surface area contributed by atoms with Gasteiger partial charge >= 0.3 is 0 Å². The van der Waals surface area contributed by atoms with E-state index in [1.54, 1.807) is 0 Å². The van der Waals surface area contributed by atoms with Crippen molar-refractivity contribution in [3.63, 3.8) is 0 Å². The Bertz CT molecular complexity index is 520. The highest BCUT2D eigenvalue weighted by Gasteiger charge is 2.09. The largest absolute Gasteiger partial charge is 0.358 e. The Hall–Kier alpha value is -1.27. The number of aromatic amines is 1. The number of H-pyrrole nitrogens is 1. The van der Waals surface area contributed by atoms with E-state index < -0.39 is 0 Å². The number of nitrogens with one attached hydrogen (secondary N) is 1. The number of benzene rings is 1. The van der Waals surface area contributed by atoms with Gasteiger partial charge in [0, 0.05) is 21.1 Å². The molecule has 0 aliphatic heterocycles. The van der Waals surface area contributed by atoms with Crippen LogP contribution in [0.15, 0.2) is 22.7 Å². The standard InChI is InChI=1S/C11H9BrN2/c1-7-8(5-6-13)11-9(12)3-2-4-10(11)14-7/h2-4,14H,5H2,1H3. The summed E-state index contributed by atoms with van der Waals surface area (Å²) in [7, 11) is 0. The number of aryl methyl sites for hydroxylation is 1. The van der Waals surface area contributed by atoms with Crippen molar-refractivity contribution in [2.45, 2.75) is 13.3 Å². The molecule has 0 unspecified atom stereocenters. The van der Waals surface area contributed by atoms with Crippen LogP contribution in [0.4, 0.5) is 0 Å². The summed E-state index contributed by atoms with van der Waals surface area (Å²) in [5, 5.41) is 9.86. The predicted molar refractivity (Wildman–Crippen MR) is 60.1 cm³/mol. The third-order valence-corrected chi connectivity index (χ3v) is 3.01. The summed E-state index contributed by atoms with van der Waals surface area (Å²) in [5.74, 6) is 0. The molecular weight excluding hydrogens is 240 g/mol. The molecule has 14 heavy (non-hydrogen) atoms. The molecule has 1 aromatic carbocycles. The zero-order valence-electron chi connectivity index (χ0n) is 7.76. The molecule has 0 amide bonds. The summed E-state index contributed by atoms with van der Waals surface area (Å²) in [4.78, 5) is 3.27. The van der Waals surface area contributed by atoms with E-state index in [0.717, 1.165) is 26.6 Å². The molecule has 0 aliphatic carbocycles. The summed E-state index contributed by atoms with van der Waals surface area (Å²) in [6, 6.07) is 8.19. The fourth-order valence-corrected chi connectivity index (χ4v) is 2.31. The topological polar surface area (TPSA) is 39.6 Å². The molecule has 2 aromatic rings. The van der Waals surface area contributed by atoms with E-state index in [4.69, 9.17) is 5.26 Å². The van der Waals surface area contributed by atoms with Crippen molar-refractivity contribution in [1.82, 2.24) is 4.98 Å². The second-order valence-corrected chi connectivity index (χ2v) is 4.08. The van der Waals surface area contributed by atoms with Crippen LogP contribution in [0.2, 0.25) is 0 Å². The molecule has 70 valence electrons. The van der Waals surface area contributed by atoms with Gasteiger partial charge in [0.2, 0.25) is 0 Å². The molecular formula is C11H9BrN2. The van der Waals surface area contributed by atoms with E-state index >= 15 is 0 Å². The monoisotopic (exact) mass is 248 g/mol. The number of nitriles is 1. The summed E-state index contributed by atoms with van der Waals surface area (Å²) >= 11 is 3.50. The van der Waals surface area contributed by atoms with Crippen LogP contribution < -0.4 is 0 Å². The van der Waals surface area contributed by atoms with Crippen LogP contribution in [0.1, 0.15) is 11.3 Å². The van der Waals surface area contributed by atoms with Gasteiger partial charge in [0.1, 0.15) is 0 Å². The van der Waals surface area contributed by atoms with Gasteiger partial charge in [0.25, 0.3) is 0 Å². The van der Waals surface area contributed by atoms with Crippen molar-refractivity contribution in [2.75, 3.05) is 0 Å². The molecule has 3 heteroatoms. The van der Waals surface area contributed by atoms with E-state index in [-0.39, 0.29) is 0 Å². The quantitative estimate of drug-likeness (QED) is 0.827. The molecule has 0 aliphatic rings. The fraction of sp³-hybridized carbons (Fsp3) is 0.182. The molecule has 0 spiro atoms. The molecule has 0 saturated heterocycles. The second-order valence-electron chi connectivity index (χ2n) is 3.23. The molecule has 0 bridgehead atoms. The lowest BCUT2D eigenvalue weighted by Gasteiger charge is -1.96. The molecule has 1 N–H and O–H groups in total. The Morgan fingerprint density at radius 2 is 2.29 bits per heavy atom. The smallest absolute Gasteiger partial charge is 0.0670 e. The van der Waals surface area contributed by atoms with E-state index in [1.165, 1.54) is 0 Å². The minimum Gasteiger partial charge on any atom is -0.358 e. The number of hydrogen-bond acceptors (Lipinski definition) is 1. The van der Waals surface area contributed by atoms with Crippen LogP contribution >= 0.6 is 15.9 Å². The summed E-state index contributed by atoms with van der Waals surface area (Å²) < 4.78 is 1.05. The van der Waals surface area contributed by atoms with Gasteiger partial charge in [-0.1, -0.05) is 22.0 Å². The minimum atomic E-state index is 0.453.